The van der Waals surface area contributed by atoms with Crippen LogP contribution >= 0.6 is 22.9 Å². The van der Waals surface area contributed by atoms with Gasteiger partial charge >= 0.3 is 12.1 Å². The van der Waals surface area contributed by atoms with Gasteiger partial charge in [0.1, 0.15) is 0 Å². The lowest BCUT2D eigenvalue weighted by molar-refractivity contribution is -0.138. The van der Waals surface area contributed by atoms with Crippen LogP contribution in [0, 0.1) is 11.8 Å². The van der Waals surface area contributed by atoms with E-state index in [4.69, 9.17) is 16.7 Å². The summed E-state index contributed by atoms with van der Waals surface area (Å²) in [5.41, 5.74) is -0.564. The number of hydrogen-bond acceptors (Lipinski definition) is 9. The van der Waals surface area contributed by atoms with Crippen LogP contribution in [0.4, 0.5) is 24.0 Å². The monoisotopic (exact) mass is 500 g/mol. The summed E-state index contributed by atoms with van der Waals surface area (Å²) in [7, 11) is 0. The Kier molecular flexibility index (Phi) is 5.35. The van der Waals surface area contributed by atoms with Gasteiger partial charge in [0, 0.05) is 43.0 Å². The summed E-state index contributed by atoms with van der Waals surface area (Å²) in [6.45, 7) is 1.84. The molecule has 2 aromatic heterocycles. The molecule has 0 spiro atoms. The van der Waals surface area contributed by atoms with Gasteiger partial charge in [0.05, 0.1) is 11.3 Å². The molecular weight excluding hydrogens is 485 g/mol. The van der Waals surface area contributed by atoms with Gasteiger partial charge in [0.2, 0.25) is 11.0 Å². The van der Waals surface area contributed by atoms with Crippen molar-refractivity contribution in [2.75, 3.05) is 36.0 Å². The molecule has 0 saturated carbocycles. The zero-order chi connectivity index (χ0) is 23.3. The van der Waals surface area contributed by atoms with Crippen LogP contribution in [0.1, 0.15) is 5.56 Å². The number of aliphatic carboxylic acids is 1. The fourth-order valence-electron chi connectivity index (χ4n) is 4.30. The Bertz CT molecular complexity index is 1190. The first-order valence-electron chi connectivity index (χ1n) is 9.87. The third-order valence-corrected chi connectivity index (χ3v) is 6.91. The summed E-state index contributed by atoms with van der Waals surface area (Å²) in [5.74, 6) is -0.556. The average Bonchev–Trinajstić information content (AvgIpc) is 3.49. The van der Waals surface area contributed by atoms with Crippen molar-refractivity contribution in [2.45, 2.75) is 12.7 Å². The molecule has 2 aliphatic heterocycles. The summed E-state index contributed by atoms with van der Waals surface area (Å²) in [6, 6.07) is 3.67. The van der Waals surface area contributed by atoms with Crippen LogP contribution in [0.25, 0.3) is 10.8 Å². The number of alkyl halides is 3. The highest BCUT2D eigenvalue weighted by atomic mass is 35.5. The highest BCUT2D eigenvalue weighted by molar-refractivity contribution is 7.18. The number of carbonyl (C=O) groups is 1. The molecule has 4 heterocycles. The number of carboxylic acids is 1. The van der Waals surface area contributed by atoms with Gasteiger partial charge < -0.3 is 14.9 Å². The fourth-order valence-corrected chi connectivity index (χ4v) is 5.26. The summed E-state index contributed by atoms with van der Waals surface area (Å²) in [5, 5.41) is 29.9. The molecule has 33 heavy (non-hydrogen) atoms. The van der Waals surface area contributed by atoms with E-state index >= 15 is 0 Å². The summed E-state index contributed by atoms with van der Waals surface area (Å²) < 4.78 is 40.4. The van der Waals surface area contributed by atoms with Crippen LogP contribution in [0.2, 0.25) is 5.02 Å². The van der Waals surface area contributed by atoms with Gasteiger partial charge in [0.15, 0.2) is 11.6 Å². The predicted molar refractivity (Wildman–Crippen MR) is 112 cm³/mol. The van der Waals surface area contributed by atoms with Crippen LogP contribution in [0.5, 0.6) is 0 Å². The Labute approximate surface area is 193 Å². The third kappa shape index (κ3) is 4.31. The molecule has 2 saturated heterocycles. The molecule has 15 heteroatoms. The highest BCUT2D eigenvalue weighted by Gasteiger charge is 2.43. The van der Waals surface area contributed by atoms with Gasteiger partial charge in [-0.25, -0.2) is 0 Å². The number of rotatable bonds is 5. The maximum absolute atomic E-state index is 13.5. The van der Waals surface area contributed by atoms with Crippen molar-refractivity contribution >= 4 is 39.7 Å². The molecule has 0 amide bonds. The number of aromatic nitrogens is 6. The summed E-state index contributed by atoms with van der Waals surface area (Å²) in [4.78, 5) is 15.5. The van der Waals surface area contributed by atoms with Crippen LogP contribution in [-0.4, -0.2) is 67.7 Å². The van der Waals surface area contributed by atoms with E-state index in [1.54, 1.807) is 4.90 Å². The van der Waals surface area contributed by atoms with E-state index in [9.17, 15) is 18.0 Å². The molecule has 3 aromatic rings. The zero-order valence-corrected chi connectivity index (χ0v) is 18.3. The van der Waals surface area contributed by atoms with E-state index in [0.29, 0.717) is 36.3 Å². The van der Waals surface area contributed by atoms with Gasteiger partial charge in [-0.2, -0.15) is 18.0 Å². The van der Waals surface area contributed by atoms with Crippen LogP contribution in [0.3, 0.4) is 0 Å². The number of tetrazole rings is 1. The van der Waals surface area contributed by atoms with Crippen molar-refractivity contribution in [1.82, 2.24) is 30.4 Å². The first-order chi connectivity index (χ1) is 15.7. The fraction of sp³-hybridized carbons (Fsp3) is 0.444. The number of fused-ring (bicyclic) bond motifs is 1. The van der Waals surface area contributed by atoms with E-state index in [-0.39, 0.29) is 28.4 Å². The molecular formula is C18H16ClF3N8O2S. The van der Waals surface area contributed by atoms with Crippen molar-refractivity contribution in [2.24, 2.45) is 11.8 Å². The molecule has 5 rings (SSSR count). The van der Waals surface area contributed by atoms with Crippen LogP contribution < -0.4 is 9.80 Å². The van der Waals surface area contributed by atoms with Crippen molar-refractivity contribution < 1.29 is 23.1 Å². The smallest absolute Gasteiger partial charge is 0.418 e. The van der Waals surface area contributed by atoms with Crippen LogP contribution in [-0.2, 0) is 17.5 Å². The van der Waals surface area contributed by atoms with E-state index in [0.717, 1.165) is 10.9 Å². The average molecular weight is 501 g/mol. The van der Waals surface area contributed by atoms with E-state index in [1.165, 1.54) is 23.5 Å². The Balaban J connectivity index is 1.27. The summed E-state index contributed by atoms with van der Waals surface area (Å²) in [6.07, 6.45) is -4.45. The summed E-state index contributed by atoms with van der Waals surface area (Å²) >= 11 is 7.24. The minimum absolute atomic E-state index is 0.115. The number of nitrogens with zero attached hydrogens (tertiary/aromatic N) is 8. The third-order valence-electron chi connectivity index (χ3n) is 5.70. The van der Waals surface area contributed by atoms with Gasteiger partial charge in [-0.3, -0.25) is 4.79 Å². The van der Waals surface area contributed by atoms with Gasteiger partial charge in [-0.05, 0) is 23.4 Å². The van der Waals surface area contributed by atoms with Crippen molar-refractivity contribution in [3.63, 3.8) is 0 Å². The van der Waals surface area contributed by atoms with E-state index in [2.05, 4.69) is 30.5 Å². The number of carboxylic acid groups (broad SMARTS) is 1. The Morgan fingerprint density at radius 1 is 1.12 bits per heavy atom. The molecule has 10 nitrogen and oxygen atoms in total. The second-order valence-corrected chi connectivity index (χ2v) is 9.31. The molecule has 2 fully saturated rings. The van der Waals surface area contributed by atoms with Gasteiger partial charge in [0.25, 0.3) is 0 Å². The number of halogens is 4. The Hall–Kier alpha value is -3.00. The van der Waals surface area contributed by atoms with Crippen molar-refractivity contribution in [1.29, 1.82) is 0 Å². The lowest BCUT2D eigenvalue weighted by Gasteiger charge is -2.25. The second-order valence-electron chi connectivity index (χ2n) is 7.92. The first kappa shape index (κ1) is 21.8. The Morgan fingerprint density at radius 3 is 2.48 bits per heavy atom. The molecule has 1 N–H and O–H groups in total. The second kappa shape index (κ2) is 8.09. The number of hydrogen-bond donors (Lipinski definition) is 1. The molecule has 2 unspecified atom stereocenters. The maximum Gasteiger partial charge on any atom is 0.418 e. The molecule has 2 atom stereocenters. The lowest BCUT2D eigenvalue weighted by atomic mass is 10.0. The number of benzene rings is 1. The molecule has 174 valence electrons. The topological polar surface area (TPSA) is 113 Å². The highest BCUT2D eigenvalue weighted by Crippen LogP contribution is 2.43. The SMILES string of the molecule is O=C(O)Cn1nnc(-c2nnc(N3CC4CN(c5cc(Cl)ccc5C(F)(F)F)CC4C3)s2)n1. The van der Waals surface area contributed by atoms with E-state index < -0.39 is 24.3 Å². The molecule has 2 aliphatic rings. The minimum Gasteiger partial charge on any atom is -0.480 e. The molecule has 0 radical (unpaired) electrons. The van der Waals surface area contributed by atoms with Crippen LogP contribution in [0.15, 0.2) is 18.2 Å². The largest absolute Gasteiger partial charge is 0.480 e. The predicted octanol–water partition coefficient (Wildman–Crippen LogP) is 2.52. The maximum atomic E-state index is 13.5. The van der Waals surface area contributed by atoms with Crippen molar-refractivity contribution in [3.8, 4) is 10.8 Å². The van der Waals surface area contributed by atoms with Gasteiger partial charge in [-0.1, -0.05) is 22.9 Å². The van der Waals surface area contributed by atoms with Gasteiger partial charge in [-0.15, -0.1) is 20.4 Å². The molecule has 0 aliphatic carbocycles. The lowest BCUT2D eigenvalue weighted by Crippen LogP contribution is -2.30. The standard InChI is InChI=1S/C18H16ClF3N8O2S/c19-11-1-2-12(18(20,21)22)13(3-11)28-4-9-6-29(7-10(9)5-28)17-25-24-16(33-17)15-23-27-30(26-15)8-14(31)32/h1-3,9-10H,4-8H2,(H,31,32). The zero-order valence-electron chi connectivity index (χ0n) is 16.8. The normalized spacial score (nSPS) is 20.5. The number of anilines is 2. The molecule has 0 bridgehead atoms. The minimum atomic E-state index is -4.45. The molecule has 1 aromatic carbocycles. The van der Waals surface area contributed by atoms with Crippen molar-refractivity contribution in [3.05, 3.63) is 28.8 Å². The van der Waals surface area contributed by atoms with E-state index in [1.807, 2.05) is 0 Å². The first-order valence-corrected chi connectivity index (χ1v) is 11.1. The Morgan fingerprint density at radius 2 is 1.82 bits per heavy atom. The quantitative estimate of drug-likeness (QED) is 0.564.